The average Bonchev–Trinajstić information content (AvgIpc) is 3.57. The van der Waals surface area contributed by atoms with E-state index < -0.39 is 15.5 Å². The number of aliphatic hydroxyl groups excluding tert-OH is 3. The summed E-state index contributed by atoms with van der Waals surface area (Å²) in [5.41, 5.74) is 0.919. The lowest BCUT2D eigenvalue weighted by Gasteiger charge is -2.43. The minimum atomic E-state index is -1.57. The topological polar surface area (TPSA) is 140 Å². The first-order chi connectivity index (χ1) is 24.5. The number of hydrogen-bond acceptors (Lipinski definition) is 10. The number of β-amino-alcohol motifs (C(OH)–C–C–N with tert-alkyl or cyclic N) is 1. The summed E-state index contributed by atoms with van der Waals surface area (Å²) in [7, 11) is 0. The van der Waals surface area contributed by atoms with Crippen molar-refractivity contribution in [2.45, 2.75) is 54.5 Å². The summed E-state index contributed by atoms with van der Waals surface area (Å²) >= 11 is 21.4. The Morgan fingerprint density at radius 2 is 1.88 bits per heavy atom. The molecule has 0 radical (unpaired) electrons. The number of nitrogens with zero attached hydrogens (tertiary/aromatic N) is 3. The van der Waals surface area contributed by atoms with Gasteiger partial charge in [-0.15, -0.1) is 0 Å². The average molecular weight is 758 g/mol. The number of halogens is 3. The third-order valence-electron chi connectivity index (χ3n) is 9.09. The zero-order chi connectivity index (χ0) is 36.5. The van der Waals surface area contributed by atoms with E-state index >= 15 is 0 Å². The van der Waals surface area contributed by atoms with Gasteiger partial charge in [-0.05, 0) is 49.1 Å². The van der Waals surface area contributed by atoms with Crippen LogP contribution in [-0.2, 0) is 17.9 Å². The first-order valence-corrected chi connectivity index (χ1v) is 17.9. The zero-order valence-corrected chi connectivity index (χ0v) is 30.7. The van der Waals surface area contributed by atoms with E-state index in [9.17, 15) is 20.6 Å². The third-order valence-corrected chi connectivity index (χ3v) is 10.4. The Hall–Kier alpha value is -3.21. The highest BCUT2D eigenvalue weighted by Gasteiger charge is 2.54. The number of pyridine rings is 1. The van der Waals surface area contributed by atoms with Gasteiger partial charge in [0.1, 0.15) is 30.8 Å². The molecule has 4 N–H and O–H groups in total. The van der Waals surface area contributed by atoms with E-state index in [4.69, 9.17) is 49.0 Å². The number of nitrogens with one attached hydrogen (secondary N) is 1. The van der Waals surface area contributed by atoms with Gasteiger partial charge in [-0.1, -0.05) is 77.3 Å². The van der Waals surface area contributed by atoms with Crippen LogP contribution in [0.3, 0.4) is 0 Å². The van der Waals surface area contributed by atoms with Crippen LogP contribution in [0.4, 0.5) is 0 Å². The van der Waals surface area contributed by atoms with Crippen LogP contribution in [0, 0.1) is 11.3 Å². The van der Waals surface area contributed by atoms with E-state index in [0.29, 0.717) is 47.6 Å². The quantitative estimate of drug-likeness (QED) is 0.104. The van der Waals surface area contributed by atoms with Crippen molar-refractivity contribution in [3.63, 3.8) is 0 Å². The summed E-state index contributed by atoms with van der Waals surface area (Å²) in [6, 6.07) is 16.7. The molecular weight excluding hydrogens is 715 g/mol. The van der Waals surface area contributed by atoms with Gasteiger partial charge in [0, 0.05) is 62.4 Å². The second-order valence-electron chi connectivity index (χ2n) is 13.1. The van der Waals surface area contributed by atoms with Gasteiger partial charge >= 0.3 is 0 Å². The van der Waals surface area contributed by atoms with Crippen LogP contribution in [0.5, 0.6) is 11.5 Å². The predicted molar refractivity (Wildman–Crippen MR) is 198 cm³/mol. The molecule has 1 saturated heterocycles. The fourth-order valence-electron chi connectivity index (χ4n) is 5.91. The predicted octanol–water partition coefficient (Wildman–Crippen LogP) is 5.44. The smallest absolute Gasteiger partial charge is 0.179 e. The number of nitriles is 1. The van der Waals surface area contributed by atoms with Gasteiger partial charge in [0.25, 0.3) is 0 Å². The number of aromatic nitrogens is 1. The molecule has 51 heavy (non-hydrogen) atoms. The van der Waals surface area contributed by atoms with E-state index in [1.165, 1.54) is 6.20 Å². The number of aliphatic hydroxyl groups is 3. The number of hydrogen-bond donors (Lipinski definition) is 4. The zero-order valence-electron chi connectivity index (χ0n) is 28.4. The van der Waals surface area contributed by atoms with E-state index in [-0.39, 0.29) is 49.8 Å². The van der Waals surface area contributed by atoms with E-state index in [1.807, 2.05) is 48.6 Å². The van der Waals surface area contributed by atoms with Crippen molar-refractivity contribution in [2.24, 2.45) is 0 Å². The maximum absolute atomic E-state index is 9.95. The molecule has 0 bridgehead atoms. The van der Waals surface area contributed by atoms with Gasteiger partial charge < -0.3 is 39.7 Å². The first-order valence-electron chi connectivity index (χ1n) is 16.8. The van der Waals surface area contributed by atoms with Gasteiger partial charge in [0.05, 0.1) is 35.4 Å². The first kappa shape index (κ1) is 39.0. The largest absolute Gasteiger partial charge is 0.488 e. The molecule has 272 valence electrons. The Labute approximate surface area is 313 Å². The van der Waals surface area contributed by atoms with Gasteiger partial charge in [0.15, 0.2) is 9.93 Å². The molecular formula is C38H43Cl3N4O6. The van der Waals surface area contributed by atoms with Gasteiger partial charge in [-0.2, -0.15) is 5.26 Å². The number of rotatable bonds is 17. The fourth-order valence-corrected chi connectivity index (χ4v) is 6.84. The number of benzene rings is 2. The van der Waals surface area contributed by atoms with Crippen LogP contribution in [0.2, 0.25) is 5.02 Å². The van der Waals surface area contributed by atoms with Crippen molar-refractivity contribution in [1.82, 2.24) is 15.2 Å². The summed E-state index contributed by atoms with van der Waals surface area (Å²) in [5.74, 6) is 0.700. The lowest BCUT2D eigenvalue weighted by Crippen LogP contribution is -2.53. The van der Waals surface area contributed by atoms with Crippen LogP contribution >= 0.6 is 34.8 Å². The molecule has 2 atom stereocenters. The maximum atomic E-state index is 9.95. The third kappa shape index (κ3) is 9.62. The minimum absolute atomic E-state index is 0.0927. The van der Waals surface area contributed by atoms with Gasteiger partial charge in [-0.3, -0.25) is 4.98 Å². The SMILES string of the molecule is CC(CO)(CO)NCc1cc(Cl)c(OC[C@]2(OCCCN3CCC(O)C3)C=CC=C(c3ccccc3)C2(Cl)Cl)cc1OCc1cncc(C#N)c1. The van der Waals surface area contributed by atoms with Crippen molar-refractivity contribution < 1.29 is 29.5 Å². The summed E-state index contributed by atoms with van der Waals surface area (Å²) < 4.78 is 17.7. The second kappa shape index (κ2) is 17.5. The standard InChI is InChI=1S/C38H43Cl3N4O6/c1-36(24-46,25-47)44-21-30-16-33(39)35(17-34(30)49-23-28-15-27(18-42)19-43-20-28)50-26-37(51-14-6-12-45-13-10-31(48)22-45)11-5-9-32(38(37,40)41)29-7-3-2-4-8-29/h2-5,7-9,11,15-17,19-20,31,44,46-48H,6,10,12-14,21-26H2,1H3/t31?,37-/m1/s1. The Balaban J connectivity index is 1.41. The van der Waals surface area contributed by atoms with Gasteiger partial charge in [0.2, 0.25) is 0 Å². The summed E-state index contributed by atoms with van der Waals surface area (Å²) in [6.07, 6.45) is 9.75. The van der Waals surface area contributed by atoms with Crippen molar-refractivity contribution in [1.29, 1.82) is 5.26 Å². The highest BCUT2D eigenvalue weighted by molar-refractivity contribution is 6.55. The highest BCUT2D eigenvalue weighted by Crippen LogP contribution is 2.50. The van der Waals surface area contributed by atoms with Crippen LogP contribution < -0.4 is 14.8 Å². The lowest BCUT2D eigenvalue weighted by atomic mass is 9.85. The molecule has 2 heterocycles. The number of ether oxygens (including phenoxy) is 3. The van der Waals surface area contributed by atoms with Crippen LogP contribution in [0.25, 0.3) is 5.57 Å². The van der Waals surface area contributed by atoms with Crippen LogP contribution in [-0.4, -0.2) is 92.8 Å². The fraction of sp³-hybridized carbons (Fsp3) is 0.421. The summed E-state index contributed by atoms with van der Waals surface area (Å²) in [4.78, 5) is 6.32. The monoisotopic (exact) mass is 756 g/mol. The molecule has 0 saturated carbocycles. The Morgan fingerprint density at radius 3 is 2.59 bits per heavy atom. The number of likely N-dealkylation sites (tertiary alicyclic amines) is 1. The molecule has 1 unspecified atom stereocenters. The molecule has 0 spiro atoms. The Kier molecular flexibility index (Phi) is 13.4. The Bertz CT molecular complexity index is 1730. The molecule has 1 aromatic heterocycles. The molecule has 10 nitrogen and oxygen atoms in total. The molecule has 13 heteroatoms. The Morgan fingerprint density at radius 1 is 1.10 bits per heavy atom. The molecule has 2 aliphatic rings. The van der Waals surface area contributed by atoms with Crippen LogP contribution in [0.1, 0.15) is 42.0 Å². The molecule has 1 fully saturated rings. The molecule has 2 aromatic carbocycles. The second-order valence-corrected chi connectivity index (χ2v) is 14.8. The summed E-state index contributed by atoms with van der Waals surface area (Å²) in [6.45, 7) is 3.82. The molecule has 5 rings (SSSR count). The van der Waals surface area contributed by atoms with Crippen LogP contribution in [0.15, 0.2) is 79.2 Å². The molecule has 3 aromatic rings. The van der Waals surface area contributed by atoms with Crippen molar-refractivity contribution in [2.75, 3.05) is 46.1 Å². The van der Waals surface area contributed by atoms with Crippen molar-refractivity contribution in [3.8, 4) is 17.6 Å². The van der Waals surface area contributed by atoms with E-state index in [0.717, 1.165) is 25.1 Å². The number of allylic oxidation sites excluding steroid dienone is 2. The number of alkyl halides is 2. The summed E-state index contributed by atoms with van der Waals surface area (Å²) in [5, 5.41) is 42.4. The lowest BCUT2D eigenvalue weighted by molar-refractivity contribution is -0.0429. The van der Waals surface area contributed by atoms with Gasteiger partial charge in [-0.25, -0.2) is 0 Å². The van der Waals surface area contributed by atoms with Crippen molar-refractivity contribution in [3.05, 3.63) is 106 Å². The van der Waals surface area contributed by atoms with Crippen molar-refractivity contribution >= 4 is 40.4 Å². The minimum Gasteiger partial charge on any atom is -0.488 e. The molecule has 1 aliphatic carbocycles. The molecule has 1 aliphatic heterocycles. The van der Waals surface area contributed by atoms with E-state index in [2.05, 4.69) is 21.3 Å². The maximum Gasteiger partial charge on any atom is 0.179 e. The van der Waals surface area contributed by atoms with E-state index in [1.54, 1.807) is 31.3 Å². The molecule has 0 amide bonds. The normalized spacial score (nSPS) is 20.2. The highest BCUT2D eigenvalue weighted by atomic mass is 35.5.